The highest BCUT2D eigenvalue weighted by Gasteiger charge is 2.47. The molecule has 0 radical (unpaired) electrons. The summed E-state index contributed by atoms with van der Waals surface area (Å²) in [6.07, 6.45) is 5.20. The molecule has 66 heavy (non-hydrogen) atoms. The largest absolute Gasteiger partial charge is 0.338 e. The van der Waals surface area contributed by atoms with Gasteiger partial charge in [0, 0.05) is 83.3 Å². The quantitative estimate of drug-likeness (QED) is 0.164. The molecule has 1 aromatic heterocycles. The molecule has 1 N–H and O–H groups in total. The number of halogens is 3. The van der Waals surface area contributed by atoms with Gasteiger partial charge in [-0.2, -0.15) is 5.10 Å². The molecule has 3 unspecified atom stereocenters. The highest BCUT2D eigenvalue weighted by atomic mass is 19.1. The van der Waals surface area contributed by atoms with Gasteiger partial charge < -0.3 is 19.6 Å². The number of nitrogens with zero attached hydrogens (tertiary/aromatic N) is 6. The molecule has 0 spiro atoms. The first-order valence-corrected chi connectivity index (χ1v) is 22.6. The van der Waals surface area contributed by atoms with Gasteiger partial charge in [-0.05, 0) is 91.6 Å². The normalized spacial score (nSPS) is 19.9. The van der Waals surface area contributed by atoms with Crippen molar-refractivity contribution in [3.8, 4) is 11.1 Å². The number of nitrogens with one attached hydrogen (secondary N) is 1. The molecule has 2 bridgehead atoms. The summed E-state index contributed by atoms with van der Waals surface area (Å²) in [5.74, 6) is -2.51. The van der Waals surface area contributed by atoms with Crippen molar-refractivity contribution in [2.24, 2.45) is 11.8 Å². The zero-order chi connectivity index (χ0) is 46.5. The lowest BCUT2D eigenvalue weighted by Crippen LogP contribution is -2.55. The average Bonchev–Trinajstić information content (AvgIpc) is 3.92. The molecular weight excluding hydrogens is 848 g/mol. The van der Waals surface area contributed by atoms with Gasteiger partial charge in [0.25, 0.3) is 17.4 Å². The number of ketones is 1. The van der Waals surface area contributed by atoms with E-state index in [4.69, 9.17) is 0 Å². The van der Waals surface area contributed by atoms with Crippen LogP contribution in [0.4, 0.5) is 13.2 Å². The fourth-order valence-corrected chi connectivity index (χ4v) is 9.91. The van der Waals surface area contributed by atoms with E-state index in [0.29, 0.717) is 78.2 Å². The standard InChI is InChI=1S/C46H46F3N7O4.C5H8O/c47-38-11-10-29(21-41-35-8-4-5-9-36(35)44(58)51-50-41)20-37(38)45(59)55-18-16-54(17-19-55)42(57)28-53-14-12-52(13-15-53)26-32-22-34-23-33(32)27-56(34)46(60)43-39(48)24-31(25-40(43)49)30-6-2-1-3-7-30;1-3-4-5(2)6/h1-11,20,24-25,32-34H,12-19,21-23,26-28H2,(H,51,58);3-4H,1-2H3/b;4-3+. The van der Waals surface area contributed by atoms with Crippen LogP contribution in [0.25, 0.3) is 21.9 Å². The van der Waals surface area contributed by atoms with Crippen molar-refractivity contribution in [1.82, 2.24) is 34.7 Å². The first kappa shape index (κ1) is 46.1. The van der Waals surface area contributed by atoms with E-state index in [-0.39, 0.29) is 41.3 Å². The fourth-order valence-electron chi connectivity index (χ4n) is 9.91. The summed E-state index contributed by atoms with van der Waals surface area (Å²) in [4.78, 5) is 72.1. The second kappa shape index (κ2) is 20.4. The molecule has 3 atom stereocenters. The summed E-state index contributed by atoms with van der Waals surface area (Å²) >= 11 is 0. The van der Waals surface area contributed by atoms with E-state index in [1.807, 2.05) is 25.1 Å². The Morgan fingerprint density at radius 2 is 1.38 bits per heavy atom. The molecule has 5 aromatic rings. The number of likely N-dealkylation sites (tertiary alicyclic amines) is 1. The molecule has 4 heterocycles. The number of carbonyl (C=O) groups excluding carboxylic acids is 4. The Bertz CT molecular complexity index is 2670. The van der Waals surface area contributed by atoms with Gasteiger partial charge in [-0.15, -0.1) is 0 Å². The van der Waals surface area contributed by atoms with Crippen LogP contribution in [0.15, 0.2) is 102 Å². The molecule has 4 fully saturated rings. The minimum absolute atomic E-state index is 0.00444. The Hall–Kier alpha value is -6.45. The lowest BCUT2D eigenvalue weighted by atomic mass is 9.93. The number of H-pyrrole nitrogens is 1. The van der Waals surface area contributed by atoms with Crippen molar-refractivity contribution in [3.05, 3.63) is 147 Å². The number of hydrogen-bond donors (Lipinski definition) is 1. The van der Waals surface area contributed by atoms with Crippen LogP contribution in [0, 0.1) is 29.3 Å². The molecule has 3 saturated heterocycles. The van der Waals surface area contributed by atoms with E-state index >= 15 is 13.2 Å². The monoisotopic (exact) mass is 901 g/mol. The number of amides is 3. The Kier molecular flexibility index (Phi) is 14.2. The number of piperazine rings is 2. The molecule has 4 aliphatic rings. The number of fused-ring (bicyclic) bond motifs is 3. The zero-order valence-corrected chi connectivity index (χ0v) is 37.2. The Morgan fingerprint density at radius 1 is 0.727 bits per heavy atom. The smallest absolute Gasteiger partial charge is 0.272 e. The van der Waals surface area contributed by atoms with Crippen molar-refractivity contribution < 1.29 is 32.3 Å². The lowest BCUT2D eigenvalue weighted by Gasteiger charge is -2.40. The maximum atomic E-state index is 15.2. The summed E-state index contributed by atoms with van der Waals surface area (Å²) < 4.78 is 45.4. The SMILES string of the molecule is C/C=C/C(C)=O.O=C(CN1CCN(CC2CC3CC2CN3C(=O)c2c(F)cc(-c3ccccc3)cc2F)CC1)N1CCN(C(=O)c2cc(Cc3n[nH]c(=O)c4ccccc34)ccc2F)CC1. The van der Waals surface area contributed by atoms with E-state index in [1.165, 1.54) is 31.2 Å². The highest BCUT2D eigenvalue weighted by Crippen LogP contribution is 2.43. The van der Waals surface area contributed by atoms with Gasteiger partial charge in [0.1, 0.15) is 23.0 Å². The Morgan fingerprint density at radius 3 is 2.02 bits per heavy atom. The number of aromatic nitrogens is 2. The molecule has 12 nitrogen and oxygen atoms in total. The molecular formula is C51H54F3N7O5. The van der Waals surface area contributed by atoms with Crippen LogP contribution in [0.2, 0.25) is 0 Å². The Labute approximate surface area is 381 Å². The molecule has 3 amide bonds. The fraction of sp³-hybridized carbons (Fsp3) is 0.373. The van der Waals surface area contributed by atoms with E-state index < -0.39 is 34.8 Å². The van der Waals surface area contributed by atoms with Gasteiger partial charge in [0.05, 0.1) is 23.2 Å². The first-order valence-electron chi connectivity index (χ1n) is 22.6. The summed E-state index contributed by atoms with van der Waals surface area (Å²) in [6.45, 7) is 9.46. The predicted molar refractivity (Wildman–Crippen MR) is 245 cm³/mol. The van der Waals surface area contributed by atoms with E-state index in [9.17, 15) is 24.0 Å². The summed E-state index contributed by atoms with van der Waals surface area (Å²) in [7, 11) is 0. The third kappa shape index (κ3) is 10.3. The van der Waals surface area contributed by atoms with Gasteiger partial charge >= 0.3 is 0 Å². The van der Waals surface area contributed by atoms with Crippen molar-refractivity contribution in [2.45, 2.75) is 39.2 Å². The molecule has 1 aliphatic carbocycles. The van der Waals surface area contributed by atoms with Crippen LogP contribution in [-0.2, 0) is 16.0 Å². The van der Waals surface area contributed by atoms with Crippen molar-refractivity contribution in [1.29, 1.82) is 0 Å². The van der Waals surface area contributed by atoms with E-state index in [0.717, 1.165) is 45.6 Å². The number of benzene rings is 4. The zero-order valence-electron chi connectivity index (χ0n) is 37.2. The molecule has 15 heteroatoms. The summed E-state index contributed by atoms with van der Waals surface area (Å²) in [5, 5.41) is 7.94. The average molecular weight is 902 g/mol. The second-order valence-corrected chi connectivity index (χ2v) is 17.7. The van der Waals surface area contributed by atoms with Gasteiger partial charge in [0.15, 0.2) is 5.78 Å². The minimum atomic E-state index is -0.838. The third-order valence-corrected chi connectivity index (χ3v) is 13.4. The number of hydrogen-bond acceptors (Lipinski definition) is 8. The minimum Gasteiger partial charge on any atom is -0.338 e. The highest BCUT2D eigenvalue weighted by molar-refractivity contribution is 5.96. The third-order valence-electron chi connectivity index (χ3n) is 13.4. The van der Waals surface area contributed by atoms with Gasteiger partial charge in [-0.1, -0.05) is 60.7 Å². The van der Waals surface area contributed by atoms with Gasteiger partial charge in [0.2, 0.25) is 5.91 Å². The first-order chi connectivity index (χ1) is 31.9. The number of aromatic amines is 1. The molecule has 1 saturated carbocycles. The molecule has 9 rings (SSSR count). The number of piperidine rings is 1. The number of carbonyl (C=O) groups is 4. The van der Waals surface area contributed by atoms with Crippen LogP contribution in [0.1, 0.15) is 58.7 Å². The summed E-state index contributed by atoms with van der Waals surface area (Å²) in [5.41, 5.74) is 1.57. The topological polar surface area (TPSA) is 130 Å². The predicted octanol–water partition coefficient (Wildman–Crippen LogP) is 6.20. The molecule has 3 aliphatic heterocycles. The van der Waals surface area contributed by atoms with Crippen LogP contribution < -0.4 is 5.56 Å². The van der Waals surface area contributed by atoms with Gasteiger partial charge in [-0.3, -0.25) is 28.9 Å². The summed E-state index contributed by atoms with van der Waals surface area (Å²) in [6, 6.07) is 23.0. The second-order valence-electron chi connectivity index (χ2n) is 17.7. The number of rotatable bonds is 10. The molecule has 344 valence electrons. The Balaban J connectivity index is 0.000000926. The lowest BCUT2D eigenvalue weighted by molar-refractivity contribution is -0.134. The number of allylic oxidation sites excluding steroid dienone is 2. The maximum absolute atomic E-state index is 15.2. The van der Waals surface area contributed by atoms with Crippen molar-refractivity contribution in [3.63, 3.8) is 0 Å². The van der Waals surface area contributed by atoms with Crippen LogP contribution in [0.3, 0.4) is 0 Å². The van der Waals surface area contributed by atoms with E-state index in [2.05, 4.69) is 20.0 Å². The van der Waals surface area contributed by atoms with E-state index in [1.54, 1.807) is 69.3 Å². The van der Waals surface area contributed by atoms with Gasteiger partial charge in [-0.25, -0.2) is 18.3 Å². The van der Waals surface area contributed by atoms with Crippen molar-refractivity contribution >= 4 is 34.3 Å². The van der Waals surface area contributed by atoms with Crippen LogP contribution >= 0.6 is 0 Å². The maximum Gasteiger partial charge on any atom is 0.272 e. The van der Waals surface area contributed by atoms with Crippen molar-refractivity contribution in [2.75, 3.05) is 72.0 Å². The van der Waals surface area contributed by atoms with Crippen LogP contribution in [-0.4, -0.2) is 136 Å². The van der Waals surface area contributed by atoms with Crippen LogP contribution in [0.5, 0.6) is 0 Å². The molecule has 4 aromatic carbocycles.